The molecule has 0 bridgehead atoms. The lowest BCUT2D eigenvalue weighted by molar-refractivity contribution is -0.132. The standard InChI is InChI=1S/C19H18FN3O2.C14H12FNO2.C6H8N2O3.C6H10N2O.C5H9N3O.C4H10O.2CH4/c1-23-19(25)8-6-16(22-23)11-18(24)17-7-5-14(12-21-17)9-13-3-2-4-15(20)10-13;1-18-14(17)13-6-5-11(9-16-13)7-10-3-2-4-12(15)8-10;1-8-5(9)3-2-4(7-8)6(10)11;1-5-3-4-6(9)8(2)7-5;1-8-5(9)3-2-4(6)7-8;1-4(2,3)5;;/h2-5,7,10,12H,6,8-9,11H2,1H3;2-6,8-9H,7H2,1H3;2-3H2,1H3,(H,10,11);3-4H2,1-2H3;2-3H2,1H3,(H2,6,7);5H,1-3H3;2*1H4. The molecule has 0 atom stereocenters. The molecule has 0 aliphatic carbocycles. The van der Waals surface area contributed by atoms with Crippen molar-refractivity contribution in [3.8, 4) is 0 Å². The zero-order chi connectivity index (χ0) is 57.4. The first-order valence-corrected chi connectivity index (χ1v) is 24.2. The van der Waals surface area contributed by atoms with Crippen molar-refractivity contribution in [3.05, 3.63) is 130 Å². The Kier molecular flexibility index (Phi) is 29.2. The van der Waals surface area contributed by atoms with Crippen molar-refractivity contribution in [1.82, 2.24) is 30.0 Å². The van der Waals surface area contributed by atoms with Gasteiger partial charge in [-0.3, -0.25) is 29.0 Å². The second kappa shape index (κ2) is 33.6. The maximum atomic E-state index is 13.2. The number of benzene rings is 2. The highest BCUT2D eigenvalue weighted by Gasteiger charge is 2.22. The molecule has 0 spiro atoms. The molecule has 428 valence electrons. The van der Waals surface area contributed by atoms with E-state index >= 15 is 0 Å². The molecular weight excluding hydrogens is 1020 g/mol. The van der Waals surface area contributed by atoms with E-state index < -0.39 is 17.5 Å². The molecule has 4 aromatic rings. The summed E-state index contributed by atoms with van der Waals surface area (Å²) in [5.41, 5.74) is 10.8. The number of ether oxygens (including phenoxy) is 1. The van der Waals surface area contributed by atoms with Crippen LogP contribution in [-0.4, -0.2) is 145 Å². The van der Waals surface area contributed by atoms with E-state index in [0.29, 0.717) is 62.2 Å². The number of rotatable bonds is 9. The van der Waals surface area contributed by atoms with Crippen molar-refractivity contribution in [1.29, 1.82) is 0 Å². The second-order valence-corrected chi connectivity index (χ2v) is 18.6. The molecule has 0 unspecified atom stereocenters. The summed E-state index contributed by atoms with van der Waals surface area (Å²) < 4.78 is 30.8. The van der Waals surface area contributed by atoms with Gasteiger partial charge in [0.25, 0.3) is 0 Å². The SMILES string of the molecule is C.C.CC(C)(C)O.CC1=NN(C)C(=O)CC1.CN1N=C(C(=O)O)CCC1=O.CN1N=C(CC(=O)c2ccc(Cc3cccc(F)c3)cn2)CCC1=O.CN1N=C(N)CCC1=O.COC(=O)c1ccc(Cc2cccc(F)c2)cn1. The number of nitrogens with zero attached hydrogens (tertiary/aromatic N) is 10. The molecule has 21 nitrogen and oxygen atoms in total. The highest BCUT2D eigenvalue weighted by molar-refractivity contribution is 6.36. The van der Waals surface area contributed by atoms with Crippen LogP contribution in [0, 0.1) is 11.6 Å². The van der Waals surface area contributed by atoms with Crippen LogP contribution in [0.5, 0.6) is 0 Å². The van der Waals surface area contributed by atoms with E-state index in [9.17, 15) is 42.3 Å². The summed E-state index contributed by atoms with van der Waals surface area (Å²) in [4.78, 5) is 85.7. The predicted octanol–water partition coefficient (Wildman–Crippen LogP) is 7.44. The summed E-state index contributed by atoms with van der Waals surface area (Å²) in [7, 11) is 7.64. The molecule has 4 amide bonds. The number of halogens is 2. The van der Waals surface area contributed by atoms with Gasteiger partial charge in [-0.05, 0) is 112 Å². The van der Waals surface area contributed by atoms with Gasteiger partial charge in [-0.2, -0.15) is 20.4 Å². The van der Waals surface area contributed by atoms with Gasteiger partial charge in [0, 0.05) is 90.5 Å². The Morgan fingerprint density at radius 2 is 1.04 bits per heavy atom. The van der Waals surface area contributed by atoms with Crippen molar-refractivity contribution < 1.29 is 57.3 Å². The van der Waals surface area contributed by atoms with Gasteiger partial charge in [-0.25, -0.2) is 43.4 Å². The number of hydrogen-bond donors (Lipinski definition) is 3. The lowest BCUT2D eigenvalue weighted by atomic mass is 10.0. The number of aliphatic carboxylic acids is 1. The lowest BCUT2D eigenvalue weighted by Gasteiger charge is -2.18. The number of amides is 4. The monoisotopic (exact) mass is 1100 g/mol. The fraction of sp³-hybridized carbons (Fsp3) is 0.411. The number of hydrazone groups is 4. The van der Waals surface area contributed by atoms with E-state index in [1.165, 1.54) is 53.4 Å². The second-order valence-electron chi connectivity index (χ2n) is 18.6. The van der Waals surface area contributed by atoms with Crippen LogP contribution < -0.4 is 5.73 Å². The molecule has 4 aliphatic heterocycles. The molecule has 4 N–H and O–H groups in total. The number of hydrogen-bond acceptors (Lipinski definition) is 16. The fourth-order valence-corrected chi connectivity index (χ4v) is 6.67. The number of methoxy groups -OCH3 is 1. The van der Waals surface area contributed by atoms with E-state index in [-0.39, 0.29) is 86.6 Å². The van der Waals surface area contributed by atoms with Gasteiger partial charge in [0.1, 0.15) is 34.6 Å². The summed E-state index contributed by atoms with van der Waals surface area (Å²) in [6.07, 6.45) is 8.41. The molecule has 0 fully saturated rings. The van der Waals surface area contributed by atoms with Gasteiger partial charge >= 0.3 is 11.9 Å². The Labute approximate surface area is 460 Å². The highest BCUT2D eigenvalue weighted by atomic mass is 19.1. The van der Waals surface area contributed by atoms with Crippen molar-refractivity contribution in [2.24, 2.45) is 26.1 Å². The topological polar surface area (TPSA) is 283 Å². The van der Waals surface area contributed by atoms with Gasteiger partial charge in [-0.15, -0.1) is 0 Å². The lowest BCUT2D eigenvalue weighted by Crippen LogP contribution is -2.31. The third kappa shape index (κ3) is 26.4. The van der Waals surface area contributed by atoms with Crippen LogP contribution in [0.4, 0.5) is 8.78 Å². The molecule has 6 heterocycles. The van der Waals surface area contributed by atoms with E-state index in [4.69, 9.17) is 15.9 Å². The van der Waals surface area contributed by atoms with Crippen molar-refractivity contribution in [2.75, 3.05) is 35.3 Å². The third-order valence-electron chi connectivity index (χ3n) is 10.6. The first-order chi connectivity index (χ1) is 36.2. The molecule has 2 aromatic carbocycles. The molecule has 23 heteroatoms. The summed E-state index contributed by atoms with van der Waals surface area (Å²) in [6, 6.07) is 19.7. The molecule has 79 heavy (non-hydrogen) atoms. The molecular formula is C56H75F2N11O10. The number of carbonyl (C=O) groups excluding carboxylic acids is 6. The molecule has 0 saturated carbocycles. The molecule has 8 rings (SSSR count). The molecule has 0 saturated heterocycles. The first kappa shape index (κ1) is 68.5. The minimum atomic E-state index is -1.05. The first-order valence-electron chi connectivity index (χ1n) is 24.2. The highest BCUT2D eigenvalue weighted by Crippen LogP contribution is 2.16. The Bertz CT molecular complexity index is 2790. The van der Waals surface area contributed by atoms with Crippen LogP contribution in [0.3, 0.4) is 0 Å². The van der Waals surface area contributed by atoms with Gasteiger partial charge in [-0.1, -0.05) is 51.3 Å². The van der Waals surface area contributed by atoms with Crippen LogP contribution in [0.15, 0.2) is 106 Å². The Morgan fingerprint density at radius 3 is 1.42 bits per heavy atom. The number of Topliss-reactive ketones (excluding diaryl/α,β-unsaturated/α-hetero) is 1. The van der Waals surface area contributed by atoms with Crippen molar-refractivity contribution in [2.45, 2.75) is 119 Å². The number of carboxylic acids is 1. The summed E-state index contributed by atoms with van der Waals surface area (Å²) in [5.74, 6) is -1.68. The summed E-state index contributed by atoms with van der Waals surface area (Å²) >= 11 is 0. The Hall–Kier alpha value is -8.47. The molecule has 0 radical (unpaired) electrons. The normalized spacial score (nSPS) is 14.7. The number of esters is 1. The largest absolute Gasteiger partial charge is 0.477 e. The molecule has 4 aliphatic rings. The summed E-state index contributed by atoms with van der Waals surface area (Å²) in [6.45, 7) is 7.16. The van der Waals surface area contributed by atoms with Crippen molar-refractivity contribution >= 4 is 64.3 Å². The van der Waals surface area contributed by atoms with E-state index in [1.807, 2.05) is 25.1 Å². The van der Waals surface area contributed by atoms with Crippen LogP contribution in [0.1, 0.15) is 144 Å². The Balaban J connectivity index is 0.000000507. The smallest absolute Gasteiger partial charge is 0.356 e. The number of ketones is 1. The fourth-order valence-electron chi connectivity index (χ4n) is 6.67. The number of aromatic nitrogens is 2. The van der Waals surface area contributed by atoms with E-state index in [1.54, 1.807) is 84.6 Å². The maximum Gasteiger partial charge on any atom is 0.356 e. The zero-order valence-electron chi connectivity index (χ0n) is 44.8. The third-order valence-corrected chi connectivity index (χ3v) is 10.6. The maximum absolute atomic E-state index is 13.2. The number of carbonyl (C=O) groups is 7. The quantitative estimate of drug-likeness (QED) is 0.109. The number of amidine groups is 1. The van der Waals surface area contributed by atoms with E-state index in [2.05, 4.69) is 35.1 Å². The average Bonchev–Trinajstić information content (AvgIpc) is 3.36. The minimum Gasteiger partial charge on any atom is -0.477 e. The number of pyridine rings is 2. The average molecular weight is 1100 g/mol. The molecule has 2 aromatic heterocycles. The summed E-state index contributed by atoms with van der Waals surface area (Å²) in [5, 5.41) is 37.4. The Morgan fingerprint density at radius 1 is 0.608 bits per heavy atom. The minimum absolute atomic E-state index is 0. The number of nitrogens with two attached hydrogens (primary N) is 1. The van der Waals surface area contributed by atoms with Crippen LogP contribution in [0.25, 0.3) is 0 Å². The van der Waals surface area contributed by atoms with Gasteiger partial charge in [0.2, 0.25) is 23.6 Å². The van der Waals surface area contributed by atoms with Gasteiger partial charge in [0.15, 0.2) is 5.78 Å². The predicted molar refractivity (Wildman–Crippen MR) is 298 cm³/mol. The van der Waals surface area contributed by atoms with E-state index in [0.717, 1.165) is 39.4 Å². The number of aliphatic hydroxyl groups is 1. The van der Waals surface area contributed by atoms with Crippen LogP contribution in [-0.2, 0) is 41.6 Å². The van der Waals surface area contributed by atoms with Crippen LogP contribution in [0.2, 0.25) is 0 Å². The van der Waals surface area contributed by atoms with Gasteiger partial charge < -0.3 is 20.7 Å². The van der Waals surface area contributed by atoms with Crippen LogP contribution >= 0.6 is 0 Å². The number of carboxylic acid groups (broad SMARTS) is 1. The van der Waals surface area contributed by atoms with Crippen molar-refractivity contribution in [3.63, 3.8) is 0 Å². The zero-order valence-corrected chi connectivity index (χ0v) is 44.8. The van der Waals surface area contributed by atoms with Gasteiger partial charge in [0.05, 0.1) is 19.1 Å².